The third-order valence-electron chi connectivity index (χ3n) is 7.76. The normalized spacial score (nSPS) is 13.1. The van der Waals surface area contributed by atoms with Gasteiger partial charge in [-0.3, -0.25) is 14.8 Å². The van der Waals surface area contributed by atoms with Crippen molar-refractivity contribution in [2.75, 3.05) is 29.0 Å². The number of fused-ring (bicyclic) bond motifs is 1. The molecule has 5 aromatic rings. The average Bonchev–Trinajstić information content (AvgIpc) is 3.71. The number of pyridine rings is 1. The number of likely N-dealkylation sites (tertiary alicyclic amines) is 1. The van der Waals surface area contributed by atoms with Crippen LogP contribution < -0.4 is 20.7 Å². The smallest absolute Gasteiger partial charge is 0.324 e. The highest BCUT2D eigenvalue weighted by molar-refractivity contribution is 6.07. The summed E-state index contributed by atoms with van der Waals surface area (Å²) in [6, 6.07) is 16.7. The summed E-state index contributed by atoms with van der Waals surface area (Å²) in [6.45, 7) is 8.05. The van der Waals surface area contributed by atoms with Crippen molar-refractivity contribution in [2.45, 2.75) is 45.6 Å². The standard InChI is InChI=1S/C34H37N9O3/c1-34(2,3)28-18-31(42(4)41-28)40-33(45)38-25-11-12-27(24-10-6-5-9-23(24)25)46-21-22-13-14-35-29(17-22)39-30-20-36-26(19-37-30)32(44)43-15-7-8-16-43/h5-6,9-14,17-20H,7-8,15-16,21H2,1-4H3,(H,35,37,39)(H2,38,40,45). The molecule has 6 rings (SSSR count). The topological polar surface area (TPSA) is 139 Å². The number of carbonyl (C=O) groups excluding carboxylic acids is 2. The van der Waals surface area contributed by atoms with Crippen molar-refractivity contribution in [3.63, 3.8) is 0 Å². The molecule has 3 aromatic heterocycles. The van der Waals surface area contributed by atoms with Gasteiger partial charge >= 0.3 is 6.03 Å². The lowest BCUT2D eigenvalue weighted by atomic mass is 9.92. The first kappa shape index (κ1) is 30.5. The lowest BCUT2D eigenvalue weighted by Gasteiger charge is -2.15. The fourth-order valence-corrected chi connectivity index (χ4v) is 5.24. The van der Waals surface area contributed by atoms with E-state index in [9.17, 15) is 9.59 Å². The van der Waals surface area contributed by atoms with E-state index in [4.69, 9.17) is 4.74 Å². The molecule has 236 valence electrons. The molecular formula is C34H37N9O3. The Morgan fingerprint density at radius 2 is 1.67 bits per heavy atom. The van der Waals surface area contributed by atoms with E-state index in [1.165, 1.54) is 12.4 Å². The van der Waals surface area contributed by atoms with Crippen LogP contribution in [-0.2, 0) is 19.1 Å². The third kappa shape index (κ3) is 6.90. The van der Waals surface area contributed by atoms with Crippen molar-refractivity contribution in [1.82, 2.24) is 29.6 Å². The van der Waals surface area contributed by atoms with Crippen molar-refractivity contribution < 1.29 is 14.3 Å². The van der Waals surface area contributed by atoms with Gasteiger partial charge in [0.15, 0.2) is 0 Å². The number of amides is 3. The van der Waals surface area contributed by atoms with Gasteiger partial charge in [0.25, 0.3) is 5.91 Å². The fraction of sp³-hybridized carbons (Fsp3) is 0.294. The van der Waals surface area contributed by atoms with Crippen LogP contribution in [0.1, 0.15) is 55.4 Å². The predicted molar refractivity (Wildman–Crippen MR) is 178 cm³/mol. The molecular weight excluding hydrogens is 582 g/mol. The number of benzene rings is 2. The van der Waals surface area contributed by atoms with Crippen LogP contribution >= 0.6 is 0 Å². The second-order valence-electron chi connectivity index (χ2n) is 12.3. The second kappa shape index (κ2) is 12.8. The maximum absolute atomic E-state index is 13.0. The van der Waals surface area contributed by atoms with Gasteiger partial charge in [0.2, 0.25) is 0 Å². The summed E-state index contributed by atoms with van der Waals surface area (Å²) in [5, 5.41) is 15.3. The minimum Gasteiger partial charge on any atom is -0.488 e. The molecule has 0 saturated carbocycles. The summed E-state index contributed by atoms with van der Waals surface area (Å²) in [4.78, 5) is 40.4. The van der Waals surface area contributed by atoms with Crippen molar-refractivity contribution in [3.05, 3.63) is 90.1 Å². The zero-order chi connectivity index (χ0) is 32.3. The summed E-state index contributed by atoms with van der Waals surface area (Å²) in [5.41, 5.74) is 2.64. The van der Waals surface area contributed by atoms with Gasteiger partial charge in [-0.15, -0.1) is 0 Å². The van der Waals surface area contributed by atoms with Crippen LogP contribution in [0.4, 0.5) is 27.9 Å². The summed E-state index contributed by atoms with van der Waals surface area (Å²) >= 11 is 0. The van der Waals surface area contributed by atoms with Crippen LogP contribution in [0.2, 0.25) is 0 Å². The second-order valence-corrected chi connectivity index (χ2v) is 12.3. The number of hydrogen-bond acceptors (Lipinski definition) is 8. The molecule has 1 fully saturated rings. The highest BCUT2D eigenvalue weighted by Crippen LogP contribution is 2.32. The van der Waals surface area contributed by atoms with Crippen LogP contribution in [0.15, 0.2) is 73.2 Å². The fourth-order valence-electron chi connectivity index (χ4n) is 5.24. The van der Waals surface area contributed by atoms with Crippen LogP contribution in [0.5, 0.6) is 5.75 Å². The molecule has 1 saturated heterocycles. The molecule has 4 heterocycles. The lowest BCUT2D eigenvalue weighted by molar-refractivity contribution is 0.0786. The first-order valence-electron chi connectivity index (χ1n) is 15.2. The summed E-state index contributed by atoms with van der Waals surface area (Å²) in [6.07, 6.45) is 6.76. The molecule has 0 bridgehead atoms. The number of anilines is 4. The number of rotatable bonds is 8. The summed E-state index contributed by atoms with van der Waals surface area (Å²) < 4.78 is 7.91. The minimum atomic E-state index is -0.364. The van der Waals surface area contributed by atoms with E-state index in [-0.39, 0.29) is 17.4 Å². The maximum atomic E-state index is 13.0. The Balaban J connectivity index is 1.10. The number of carbonyl (C=O) groups is 2. The average molecular weight is 620 g/mol. The zero-order valence-electron chi connectivity index (χ0n) is 26.4. The van der Waals surface area contributed by atoms with Gasteiger partial charge in [-0.05, 0) is 42.7 Å². The number of aryl methyl sites for hydroxylation is 1. The van der Waals surface area contributed by atoms with Gasteiger partial charge in [0, 0.05) is 48.6 Å². The van der Waals surface area contributed by atoms with Crippen LogP contribution in [0.25, 0.3) is 10.8 Å². The van der Waals surface area contributed by atoms with Gasteiger partial charge in [-0.1, -0.05) is 45.0 Å². The van der Waals surface area contributed by atoms with Gasteiger partial charge < -0.3 is 20.3 Å². The molecule has 0 spiro atoms. The molecule has 46 heavy (non-hydrogen) atoms. The molecule has 1 aliphatic rings. The number of urea groups is 1. The third-order valence-corrected chi connectivity index (χ3v) is 7.76. The monoisotopic (exact) mass is 619 g/mol. The Morgan fingerprint density at radius 1 is 0.891 bits per heavy atom. The highest BCUT2D eigenvalue weighted by atomic mass is 16.5. The van der Waals surface area contributed by atoms with Gasteiger partial charge in [0.05, 0.1) is 23.8 Å². The van der Waals surface area contributed by atoms with Crippen molar-refractivity contribution in [3.8, 4) is 5.75 Å². The number of aromatic nitrogens is 5. The van der Waals surface area contributed by atoms with Crippen molar-refractivity contribution in [2.24, 2.45) is 7.05 Å². The molecule has 12 nitrogen and oxygen atoms in total. The highest BCUT2D eigenvalue weighted by Gasteiger charge is 2.21. The van der Waals surface area contributed by atoms with Crippen LogP contribution in [0, 0.1) is 0 Å². The van der Waals surface area contributed by atoms with Gasteiger partial charge in [0.1, 0.15) is 35.5 Å². The Labute approximate surface area is 267 Å². The van der Waals surface area contributed by atoms with Gasteiger partial charge in [-0.25, -0.2) is 19.7 Å². The molecule has 0 aliphatic carbocycles. The van der Waals surface area contributed by atoms with E-state index >= 15 is 0 Å². The van der Waals surface area contributed by atoms with E-state index in [1.54, 1.807) is 22.8 Å². The first-order chi connectivity index (χ1) is 22.1. The number of nitrogens with zero attached hydrogens (tertiary/aromatic N) is 6. The minimum absolute atomic E-state index is 0.0900. The molecule has 0 radical (unpaired) electrons. The van der Waals surface area contributed by atoms with Crippen molar-refractivity contribution in [1.29, 1.82) is 0 Å². The predicted octanol–water partition coefficient (Wildman–Crippen LogP) is 6.26. The maximum Gasteiger partial charge on any atom is 0.324 e. The van der Waals surface area contributed by atoms with Gasteiger partial charge in [-0.2, -0.15) is 5.10 Å². The largest absolute Gasteiger partial charge is 0.488 e. The molecule has 3 N–H and O–H groups in total. The van der Waals surface area contributed by atoms with Crippen molar-refractivity contribution >= 4 is 45.9 Å². The van der Waals surface area contributed by atoms with Crippen LogP contribution in [-0.4, -0.2) is 54.7 Å². The Morgan fingerprint density at radius 3 is 2.39 bits per heavy atom. The Hall–Kier alpha value is -5.52. The number of hydrogen-bond donors (Lipinski definition) is 3. The quantitative estimate of drug-likeness (QED) is 0.185. The molecule has 1 aliphatic heterocycles. The SMILES string of the molecule is Cn1nc(C(C)(C)C)cc1NC(=O)Nc1ccc(OCc2ccnc(Nc3cnc(C(=O)N4CCCC4)cn3)c2)c2ccccc12. The van der Waals surface area contributed by atoms with E-state index in [1.807, 2.05) is 54.6 Å². The lowest BCUT2D eigenvalue weighted by Crippen LogP contribution is -2.28. The summed E-state index contributed by atoms with van der Waals surface area (Å²) in [7, 11) is 1.80. The molecule has 2 aromatic carbocycles. The zero-order valence-corrected chi connectivity index (χ0v) is 26.4. The first-order valence-corrected chi connectivity index (χ1v) is 15.2. The van der Waals surface area contributed by atoms with E-state index in [2.05, 4.69) is 56.8 Å². The molecule has 0 atom stereocenters. The Kier molecular flexibility index (Phi) is 8.51. The summed E-state index contributed by atoms with van der Waals surface area (Å²) in [5.74, 6) is 2.26. The number of nitrogens with one attached hydrogen (secondary N) is 3. The van der Waals surface area contributed by atoms with E-state index in [0.717, 1.165) is 48.0 Å². The molecule has 3 amide bonds. The van der Waals surface area contributed by atoms with Crippen LogP contribution in [0.3, 0.4) is 0 Å². The molecule has 0 unspecified atom stereocenters. The Bertz CT molecular complexity index is 1870. The number of ether oxygens (including phenoxy) is 1. The molecule has 12 heteroatoms. The van der Waals surface area contributed by atoms with E-state index in [0.29, 0.717) is 41.2 Å². The van der Waals surface area contributed by atoms with E-state index < -0.39 is 0 Å².